The standard InChI is InChI=1S/C14H19BrClNO2S/c1-2-10-4-3-5-11(8-10)17-20(18,19)12-6-7-14(16)13(15)9-12/h6-7,9-11,17H,2-5,8H2,1H3. The van der Waals surface area contributed by atoms with Gasteiger partial charge in [0.25, 0.3) is 0 Å². The van der Waals surface area contributed by atoms with Crippen LogP contribution in [-0.2, 0) is 10.0 Å². The zero-order valence-electron chi connectivity index (χ0n) is 11.4. The molecule has 112 valence electrons. The van der Waals surface area contributed by atoms with Crippen molar-refractivity contribution < 1.29 is 8.42 Å². The molecule has 1 N–H and O–H groups in total. The molecule has 2 rings (SSSR count). The van der Waals surface area contributed by atoms with Gasteiger partial charge < -0.3 is 0 Å². The Bertz CT molecular complexity index is 577. The molecule has 20 heavy (non-hydrogen) atoms. The number of hydrogen-bond acceptors (Lipinski definition) is 2. The van der Waals surface area contributed by atoms with E-state index in [4.69, 9.17) is 11.6 Å². The molecule has 0 bridgehead atoms. The van der Waals surface area contributed by atoms with E-state index < -0.39 is 10.0 Å². The van der Waals surface area contributed by atoms with Gasteiger partial charge in [-0.15, -0.1) is 0 Å². The van der Waals surface area contributed by atoms with Crippen molar-refractivity contribution in [1.82, 2.24) is 4.72 Å². The van der Waals surface area contributed by atoms with E-state index in [1.807, 2.05) is 0 Å². The highest BCUT2D eigenvalue weighted by molar-refractivity contribution is 9.10. The van der Waals surface area contributed by atoms with Gasteiger partial charge in [-0.05, 0) is 52.9 Å². The molecule has 1 aromatic carbocycles. The molecule has 0 radical (unpaired) electrons. The lowest BCUT2D eigenvalue weighted by Gasteiger charge is -2.28. The van der Waals surface area contributed by atoms with Crippen LogP contribution in [0.2, 0.25) is 5.02 Å². The van der Waals surface area contributed by atoms with Gasteiger partial charge in [0.1, 0.15) is 0 Å². The summed E-state index contributed by atoms with van der Waals surface area (Å²) < 4.78 is 28.2. The predicted molar refractivity (Wildman–Crippen MR) is 85.5 cm³/mol. The third kappa shape index (κ3) is 3.97. The summed E-state index contributed by atoms with van der Waals surface area (Å²) in [6, 6.07) is 4.73. The Labute approximate surface area is 134 Å². The van der Waals surface area contributed by atoms with E-state index in [0.29, 0.717) is 15.4 Å². The van der Waals surface area contributed by atoms with Crippen LogP contribution in [0.3, 0.4) is 0 Å². The molecule has 1 saturated carbocycles. The predicted octanol–water partition coefficient (Wildman–Crippen LogP) is 4.35. The Balaban J connectivity index is 2.12. The molecule has 1 fully saturated rings. The van der Waals surface area contributed by atoms with Gasteiger partial charge in [0.15, 0.2) is 0 Å². The van der Waals surface area contributed by atoms with E-state index in [1.165, 1.54) is 12.5 Å². The lowest BCUT2D eigenvalue weighted by Crippen LogP contribution is -2.38. The van der Waals surface area contributed by atoms with Crippen LogP contribution >= 0.6 is 27.5 Å². The topological polar surface area (TPSA) is 46.2 Å². The van der Waals surface area contributed by atoms with Gasteiger partial charge in [0.05, 0.1) is 9.92 Å². The number of rotatable bonds is 4. The first-order chi connectivity index (χ1) is 9.42. The van der Waals surface area contributed by atoms with E-state index in [1.54, 1.807) is 12.1 Å². The van der Waals surface area contributed by atoms with Gasteiger partial charge in [0, 0.05) is 10.5 Å². The second-order valence-corrected chi connectivity index (χ2v) is 8.31. The van der Waals surface area contributed by atoms with E-state index in [2.05, 4.69) is 27.6 Å². The molecule has 1 aromatic rings. The molecule has 2 atom stereocenters. The summed E-state index contributed by atoms with van der Waals surface area (Å²) in [5, 5.41) is 0.507. The van der Waals surface area contributed by atoms with Crippen LogP contribution in [0.5, 0.6) is 0 Å². The lowest BCUT2D eigenvalue weighted by molar-refractivity contribution is 0.301. The highest BCUT2D eigenvalue weighted by atomic mass is 79.9. The van der Waals surface area contributed by atoms with Crippen LogP contribution in [0.15, 0.2) is 27.6 Å². The number of benzene rings is 1. The minimum absolute atomic E-state index is 0.0492. The summed E-state index contributed by atoms with van der Waals surface area (Å²) in [4.78, 5) is 0.257. The summed E-state index contributed by atoms with van der Waals surface area (Å²) in [5.74, 6) is 0.633. The summed E-state index contributed by atoms with van der Waals surface area (Å²) in [5.41, 5.74) is 0. The largest absolute Gasteiger partial charge is 0.240 e. The molecule has 0 saturated heterocycles. The first-order valence-electron chi connectivity index (χ1n) is 6.89. The highest BCUT2D eigenvalue weighted by Crippen LogP contribution is 2.29. The fraction of sp³-hybridized carbons (Fsp3) is 0.571. The van der Waals surface area contributed by atoms with Crippen LogP contribution in [0.1, 0.15) is 39.0 Å². The Morgan fingerprint density at radius 2 is 2.15 bits per heavy atom. The molecule has 6 heteroatoms. The number of sulfonamides is 1. The average molecular weight is 381 g/mol. The van der Waals surface area contributed by atoms with Crippen molar-refractivity contribution in [3.8, 4) is 0 Å². The summed E-state index contributed by atoms with van der Waals surface area (Å²) in [7, 11) is -3.47. The molecular formula is C14H19BrClNO2S. The van der Waals surface area contributed by atoms with Crippen LogP contribution in [-0.4, -0.2) is 14.5 Å². The molecule has 2 unspecified atom stereocenters. The van der Waals surface area contributed by atoms with Crippen molar-refractivity contribution in [2.75, 3.05) is 0 Å². The second-order valence-electron chi connectivity index (χ2n) is 5.34. The van der Waals surface area contributed by atoms with Gasteiger partial charge >= 0.3 is 0 Å². The smallest absolute Gasteiger partial charge is 0.208 e. The quantitative estimate of drug-likeness (QED) is 0.844. The van der Waals surface area contributed by atoms with Crippen molar-refractivity contribution >= 4 is 37.6 Å². The summed E-state index contributed by atoms with van der Waals surface area (Å²) in [6.45, 7) is 2.16. The zero-order valence-corrected chi connectivity index (χ0v) is 14.6. The number of hydrogen-bond donors (Lipinski definition) is 1. The number of halogens is 2. The van der Waals surface area contributed by atoms with Crippen molar-refractivity contribution in [2.45, 2.75) is 50.0 Å². The average Bonchev–Trinajstić information content (AvgIpc) is 2.41. The van der Waals surface area contributed by atoms with Gasteiger partial charge in [-0.2, -0.15) is 0 Å². The Morgan fingerprint density at radius 3 is 2.80 bits per heavy atom. The third-order valence-corrected chi connectivity index (χ3v) is 6.62. The second kappa shape index (κ2) is 6.77. The third-order valence-electron chi connectivity index (χ3n) is 3.88. The van der Waals surface area contributed by atoms with Gasteiger partial charge in [-0.1, -0.05) is 37.8 Å². The Kier molecular flexibility index (Phi) is 5.51. The maximum absolute atomic E-state index is 12.4. The monoisotopic (exact) mass is 379 g/mol. The van der Waals surface area contributed by atoms with E-state index in [-0.39, 0.29) is 10.9 Å². The molecule has 0 spiro atoms. The Hall–Kier alpha value is -0.100. The minimum Gasteiger partial charge on any atom is -0.208 e. The van der Waals surface area contributed by atoms with Gasteiger partial charge in [-0.3, -0.25) is 0 Å². The van der Waals surface area contributed by atoms with Gasteiger partial charge in [-0.25, -0.2) is 13.1 Å². The van der Waals surface area contributed by atoms with Crippen LogP contribution in [0.4, 0.5) is 0 Å². The maximum atomic E-state index is 12.4. The van der Waals surface area contributed by atoms with E-state index in [0.717, 1.165) is 25.7 Å². The van der Waals surface area contributed by atoms with Gasteiger partial charge in [0.2, 0.25) is 10.0 Å². The minimum atomic E-state index is -3.47. The molecule has 1 aliphatic carbocycles. The van der Waals surface area contributed by atoms with Crippen LogP contribution < -0.4 is 4.72 Å². The molecule has 0 heterocycles. The normalized spacial score (nSPS) is 23.8. The molecule has 1 aliphatic rings. The molecule has 0 aliphatic heterocycles. The summed E-state index contributed by atoms with van der Waals surface area (Å²) >= 11 is 9.16. The van der Waals surface area contributed by atoms with Crippen LogP contribution in [0.25, 0.3) is 0 Å². The first-order valence-corrected chi connectivity index (χ1v) is 9.55. The van der Waals surface area contributed by atoms with Crippen molar-refractivity contribution in [1.29, 1.82) is 0 Å². The molecule has 0 amide bonds. The fourth-order valence-electron chi connectivity index (χ4n) is 2.70. The van der Waals surface area contributed by atoms with E-state index >= 15 is 0 Å². The molecule has 3 nitrogen and oxygen atoms in total. The van der Waals surface area contributed by atoms with Crippen molar-refractivity contribution in [3.05, 3.63) is 27.7 Å². The fourth-order valence-corrected chi connectivity index (χ4v) is 4.66. The first kappa shape index (κ1) is 16.3. The SMILES string of the molecule is CCC1CCCC(NS(=O)(=O)c2ccc(Cl)c(Br)c2)C1. The highest BCUT2D eigenvalue weighted by Gasteiger charge is 2.25. The lowest BCUT2D eigenvalue weighted by atomic mass is 9.85. The molecule has 0 aromatic heterocycles. The number of nitrogens with one attached hydrogen (secondary N) is 1. The van der Waals surface area contributed by atoms with Crippen LogP contribution in [0, 0.1) is 5.92 Å². The Morgan fingerprint density at radius 1 is 1.40 bits per heavy atom. The molecular weight excluding hydrogens is 362 g/mol. The van der Waals surface area contributed by atoms with E-state index in [9.17, 15) is 8.42 Å². The van der Waals surface area contributed by atoms with Crippen molar-refractivity contribution in [3.63, 3.8) is 0 Å². The summed E-state index contributed by atoms with van der Waals surface area (Å²) in [6.07, 6.45) is 5.27. The van der Waals surface area contributed by atoms with Crippen molar-refractivity contribution in [2.24, 2.45) is 5.92 Å². The zero-order chi connectivity index (χ0) is 14.8. The maximum Gasteiger partial charge on any atom is 0.240 e.